The van der Waals surface area contributed by atoms with Gasteiger partial charge in [-0.25, -0.2) is 0 Å². The average Bonchev–Trinajstić information content (AvgIpc) is 2.98. The second-order valence-corrected chi connectivity index (χ2v) is 8.92. The summed E-state index contributed by atoms with van der Waals surface area (Å²) in [6, 6.07) is 11.7. The Bertz CT molecular complexity index is 1250. The van der Waals surface area contributed by atoms with Gasteiger partial charge < -0.3 is 10.1 Å². The molecule has 0 fully saturated rings. The Morgan fingerprint density at radius 2 is 1.84 bits per heavy atom. The number of nitrogens with one attached hydrogen (secondary N) is 1. The van der Waals surface area contributed by atoms with Crippen molar-refractivity contribution in [2.24, 2.45) is 0 Å². The number of hydrogen-bond donors (Lipinski definition) is 2. The first-order valence-corrected chi connectivity index (χ1v) is 11.3. The van der Waals surface area contributed by atoms with Crippen molar-refractivity contribution in [2.75, 3.05) is 19.4 Å². The smallest absolute Gasteiger partial charge is 0.266 e. The molecule has 31 heavy (non-hydrogen) atoms. The van der Waals surface area contributed by atoms with Crippen molar-refractivity contribution in [3.8, 4) is 5.75 Å². The molecule has 0 radical (unpaired) electrons. The summed E-state index contributed by atoms with van der Waals surface area (Å²) in [7, 11) is -2.66. The molecule has 3 aromatic rings. The highest BCUT2D eigenvalue weighted by Gasteiger charge is 2.22. The van der Waals surface area contributed by atoms with Crippen LogP contribution in [0.3, 0.4) is 0 Å². The molecule has 0 atom stereocenters. The molecule has 0 saturated carbocycles. The number of benzene rings is 2. The number of rotatable bonds is 7. The van der Waals surface area contributed by atoms with Gasteiger partial charge in [-0.1, -0.05) is 11.6 Å². The summed E-state index contributed by atoms with van der Waals surface area (Å²) in [5.74, 6) is -0.728. The van der Waals surface area contributed by atoms with Gasteiger partial charge in [0.05, 0.1) is 24.8 Å². The number of methoxy groups -OCH3 is 1. The Hall–Kier alpha value is -2.88. The van der Waals surface area contributed by atoms with E-state index in [1.54, 1.807) is 49.4 Å². The van der Waals surface area contributed by atoms with Crippen molar-refractivity contribution in [1.29, 1.82) is 0 Å². The molecule has 0 aliphatic rings. The first kappa shape index (κ1) is 22.8. The molecular weight excluding hydrogens is 444 g/mol. The fraction of sp³-hybridized carbons (Fsp3) is 0.238. The molecular formula is C21H21ClN2O6S. The summed E-state index contributed by atoms with van der Waals surface area (Å²) >= 11 is 5.92. The van der Waals surface area contributed by atoms with Crippen LogP contribution in [0.4, 0.5) is 0 Å². The third kappa shape index (κ3) is 5.25. The highest BCUT2D eigenvalue weighted by Crippen LogP contribution is 2.30. The zero-order valence-electron chi connectivity index (χ0n) is 16.9. The number of halogens is 1. The zero-order chi connectivity index (χ0) is 22.8. The van der Waals surface area contributed by atoms with Crippen molar-refractivity contribution in [1.82, 2.24) is 9.88 Å². The quantitative estimate of drug-likeness (QED) is 0.519. The van der Waals surface area contributed by atoms with E-state index >= 15 is 0 Å². The largest absolute Gasteiger partial charge is 0.497 e. The van der Waals surface area contributed by atoms with Crippen LogP contribution in [0.25, 0.3) is 10.9 Å². The van der Waals surface area contributed by atoms with E-state index in [-0.39, 0.29) is 18.9 Å². The van der Waals surface area contributed by atoms with E-state index in [0.717, 1.165) is 0 Å². The van der Waals surface area contributed by atoms with Gasteiger partial charge in [-0.05, 0) is 55.0 Å². The summed E-state index contributed by atoms with van der Waals surface area (Å²) in [4.78, 5) is 25.6. The lowest BCUT2D eigenvalue weighted by Gasteiger charge is -2.08. The zero-order valence-corrected chi connectivity index (χ0v) is 18.5. The van der Waals surface area contributed by atoms with E-state index in [2.05, 4.69) is 5.32 Å². The van der Waals surface area contributed by atoms with Gasteiger partial charge in [0.25, 0.3) is 16.0 Å². The Kier molecular flexibility index (Phi) is 6.68. The molecule has 164 valence electrons. The summed E-state index contributed by atoms with van der Waals surface area (Å²) < 4.78 is 37.3. The van der Waals surface area contributed by atoms with Gasteiger partial charge in [0.2, 0.25) is 5.91 Å². The van der Waals surface area contributed by atoms with Crippen molar-refractivity contribution in [3.63, 3.8) is 0 Å². The van der Waals surface area contributed by atoms with Crippen molar-refractivity contribution in [2.45, 2.75) is 13.3 Å². The average molecular weight is 465 g/mol. The van der Waals surface area contributed by atoms with Gasteiger partial charge in [-0.3, -0.25) is 18.7 Å². The maximum Gasteiger partial charge on any atom is 0.266 e. The third-order valence-corrected chi connectivity index (χ3v) is 5.83. The Morgan fingerprint density at radius 1 is 1.16 bits per heavy atom. The molecule has 0 unspecified atom stereocenters. The van der Waals surface area contributed by atoms with E-state index in [9.17, 15) is 18.0 Å². The fourth-order valence-corrected chi connectivity index (χ4v) is 3.82. The third-order valence-electron chi connectivity index (χ3n) is 4.86. The van der Waals surface area contributed by atoms with Crippen LogP contribution in [0.1, 0.15) is 21.6 Å². The number of fused-ring (bicyclic) bond motifs is 1. The van der Waals surface area contributed by atoms with Crippen LogP contribution in [0, 0.1) is 6.92 Å². The lowest BCUT2D eigenvalue weighted by atomic mass is 10.1. The molecule has 0 aliphatic heterocycles. The maximum atomic E-state index is 13.2. The van der Waals surface area contributed by atoms with E-state index < -0.39 is 21.8 Å². The normalized spacial score (nSPS) is 11.5. The first-order valence-electron chi connectivity index (χ1n) is 9.31. The van der Waals surface area contributed by atoms with Crippen molar-refractivity contribution < 1.29 is 27.3 Å². The number of amides is 1. The van der Waals surface area contributed by atoms with Crippen molar-refractivity contribution >= 4 is 44.4 Å². The van der Waals surface area contributed by atoms with Crippen LogP contribution >= 0.6 is 11.6 Å². The minimum absolute atomic E-state index is 0.0815. The van der Waals surface area contributed by atoms with Crippen LogP contribution in [0.2, 0.25) is 5.02 Å². The van der Waals surface area contributed by atoms with E-state index in [1.807, 2.05) is 0 Å². The number of nitrogens with zero attached hydrogens (tertiary/aromatic N) is 1. The minimum atomic E-state index is -4.17. The maximum absolute atomic E-state index is 13.2. The molecule has 1 aromatic heterocycles. The van der Waals surface area contributed by atoms with Crippen LogP contribution in [0.5, 0.6) is 5.75 Å². The van der Waals surface area contributed by atoms with Crippen LogP contribution in [-0.4, -0.2) is 48.8 Å². The van der Waals surface area contributed by atoms with Gasteiger partial charge >= 0.3 is 0 Å². The molecule has 3 rings (SSSR count). The molecule has 1 heterocycles. The topological polar surface area (TPSA) is 115 Å². The number of hydrogen-bond acceptors (Lipinski definition) is 5. The molecule has 1 amide bonds. The number of carbonyl (C=O) groups excluding carboxylic acids is 2. The van der Waals surface area contributed by atoms with Gasteiger partial charge in [-0.2, -0.15) is 8.42 Å². The van der Waals surface area contributed by atoms with Gasteiger partial charge in [0.15, 0.2) is 0 Å². The van der Waals surface area contributed by atoms with Gasteiger partial charge in [0.1, 0.15) is 5.75 Å². The summed E-state index contributed by atoms with van der Waals surface area (Å²) in [5, 5.41) is 3.65. The number of aromatic nitrogens is 1. The monoisotopic (exact) mass is 464 g/mol. The van der Waals surface area contributed by atoms with Gasteiger partial charge in [0, 0.05) is 28.2 Å². The second-order valence-electron chi connectivity index (χ2n) is 6.91. The van der Waals surface area contributed by atoms with Crippen LogP contribution in [-0.2, 0) is 21.3 Å². The highest BCUT2D eigenvalue weighted by molar-refractivity contribution is 7.85. The molecule has 0 saturated heterocycles. The standard InChI is InChI=1S/C21H21ClN2O6S/c1-13-17(12-20(25)23-9-10-31(27,28)29)18-11-16(30-2)7-8-19(18)24(13)21(26)14-3-5-15(22)6-4-14/h3-8,11H,9-10,12H2,1-2H3,(H,23,25)(H,27,28,29). The second kappa shape index (κ2) is 9.09. The number of carbonyl (C=O) groups is 2. The lowest BCUT2D eigenvalue weighted by molar-refractivity contribution is -0.120. The van der Waals surface area contributed by atoms with Crippen molar-refractivity contribution in [3.05, 3.63) is 64.3 Å². The SMILES string of the molecule is COc1ccc2c(c1)c(CC(=O)NCCS(=O)(=O)O)c(C)n2C(=O)c1ccc(Cl)cc1. The summed E-state index contributed by atoms with van der Waals surface area (Å²) in [6.45, 7) is 1.52. The summed E-state index contributed by atoms with van der Waals surface area (Å²) in [5.41, 5.74) is 2.23. The summed E-state index contributed by atoms with van der Waals surface area (Å²) in [6.07, 6.45) is -0.0815. The van der Waals surface area contributed by atoms with Crippen LogP contribution in [0.15, 0.2) is 42.5 Å². The minimum Gasteiger partial charge on any atom is -0.497 e. The van der Waals surface area contributed by atoms with E-state index in [4.69, 9.17) is 20.9 Å². The highest BCUT2D eigenvalue weighted by atomic mass is 35.5. The number of ether oxygens (including phenoxy) is 1. The Balaban J connectivity index is 2.00. The molecule has 2 N–H and O–H groups in total. The Morgan fingerprint density at radius 3 is 2.45 bits per heavy atom. The molecule has 10 heteroatoms. The first-order chi connectivity index (χ1) is 14.6. The van der Waals surface area contributed by atoms with E-state index in [1.165, 1.54) is 11.7 Å². The predicted octanol–water partition coefficient (Wildman–Crippen LogP) is 2.85. The molecule has 0 aliphatic carbocycles. The Labute approximate surface area is 184 Å². The molecule has 0 bridgehead atoms. The predicted molar refractivity (Wildman–Crippen MR) is 118 cm³/mol. The lowest BCUT2D eigenvalue weighted by Crippen LogP contribution is -2.30. The molecule has 8 nitrogen and oxygen atoms in total. The van der Waals surface area contributed by atoms with Gasteiger partial charge in [-0.15, -0.1) is 0 Å². The van der Waals surface area contributed by atoms with E-state index in [0.29, 0.717) is 38.5 Å². The molecule has 0 spiro atoms. The fourth-order valence-electron chi connectivity index (χ4n) is 3.34. The molecule has 2 aromatic carbocycles. The van der Waals surface area contributed by atoms with Crippen LogP contribution < -0.4 is 10.1 Å².